The second kappa shape index (κ2) is 5.03. The fraction of sp³-hybridized carbons (Fsp3) is 0.400. The predicted molar refractivity (Wildman–Crippen MR) is 60.9 cm³/mol. The van der Waals surface area contributed by atoms with Gasteiger partial charge in [0.25, 0.3) is 0 Å². The summed E-state index contributed by atoms with van der Waals surface area (Å²) in [6.07, 6.45) is -5.74. The molecular formula is C10H6F7N5O. The molecule has 0 saturated carbocycles. The van der Waals surface area contributed by atoms with Gasteiger partial charge in [-0.1, -0.05) is 0 Å². The Morgan fingerprint density at radius 3 is 2.26 bits per heavy atom. The molecule has 0 unspecified atom stereocenters. The van der Waals surface area contributed by atoms with E-state index in [0.717, 1.165) is 13.3 Å². The molecule has 0 aliphatic carbocycles. The molecule has 0 radical (unpaired) electrons. The van der Waals surface area contributed by atoms with Crippen molar-refractivity contribution in [3.63, 3.8) is 0 Å². The van der Waals surface area contributed by atoms with Gasteiger partial charge in [0.1, 0.15) is 11.8 Å². The highest BCUT2D eigenvalue weighted by Crippen LogP contribution is 2.51. The number of aromatic amines is 1. The van der Waals surface area contributed by atoms with E-state index in [1.807, 2.05) is 0 Å². The number of H-pyrrole nitrogens is 1. The quantitative estimate of drug-likeness (QED) is 0.838. The van der Waals surface area contributed by atoms with Crippen LogP contribution in [0.15, 0.2) is 6.33 Å². The minimum absolute atomic E-state index is 0.396. The molecule has 2 aromatic heterocycles. The molecule has 2 rings (SSSR count). The minimum Gasteiger partial charge on any atom is -0.332 e. The average Bonchev–Trinajstić information content (AvgIpc) is 2.82. The molecule has 0 aromatic carbocycles. The molecule has 0 aliphatic heterocycles. The molecule has 0 atom stereocenters. The molecule has 0 bridgehead atoms. The fourth-order valence-electron chi connectivity index (χ4n) is 1.57. The van der Waals surface area contributed by atoms with Gasteiger partial charge in [-0.05, 0) is 0 Å². The van der Waals surface area contributed by atoms with Crippen LogP contribution in [0.3, 0.4) is 0 Å². The lowest BCUT2D eigenvalue weighted by atomic mass is 10.1. The van der Waals surface area contributed by atoms with Crippen molar-refractivity contribution in [2.45, 2.75) is 24.9 Å². The minimum atomic E-state index is -6.50. The Hall–Kier alpha value is -2.47. The lowest BCUT2D eigenvalue weighted by molar-refractivity contribution is -0.361. The highest BCUT2D eigenvalue weighted by atomic mass is 19.4. The monoisotopic (exact) mass is 345 g/mol. The molecule has 0 fully saturated rings. The zero-order valence-electron chi connectivity index (χ0n) is 11.0. The van der Waals surface area contributed by atoms with Crippen molar-refractivity contribution in [2.24, 2.45) is 0 Å². The largest absolute Gasteiger partial charge is 0.460 e. The van der Waals surface area contributed by atoms with E-state index < -0.39 is 46.7 Å². The van der Waals surface area contributed by atoms with Crippen molar-refractivity contribution >= 4 is 22.9 Å². The van der Waals surface area contributed by atoms with E-state index in [1.54, 1.807) is 4.98 Å². The van der Waals surface area contributed by atoms with Gasteiger partial charge in [-0.2, -0.15) is 30.7 Å². The third kappa shape index (κ3) is 2.66. The number of carbonyl (C=O) groups is 1. The van der Waals surface area contributed by atoms with Gasteiger partial charge in [0.2, 0.25) is 5.91 Å². The number of hydrogen-bond acceptors (Lipinski definition) is 4. The van der Waals surface area contributed by atoms with E-state index in [4.69, 9.17) is 0 Å². The number of carbonyl (C=O) groups excluding carboxylic acids is 1. The highest BCUT2D eigenvalue weighted by Gasteiger charge is 2.75. The van der Waals surface area contributed by atoms with E-state index in [-0.39, 0.29) is 0 Å². The number of fused-ring (bicyclic) bond motifs is 1. The number of aromatic nitrogens is 4. The SMILES string of the molecule is CC(=O)Nc1ncnc2nc(C(F)(F)C(F)(F)C(F)(F)F)[nH]c12. The summed E-state index contributed by atoms with van der Waals surface area (Å²) < 4.78 is 89.6. The van der Waals surface area contributed by atoms with Gasteiger partial charge in [-0.15, -0.1) is 0 Å². The summed E-state index contributed by atoms with van der Waals surface area (Å²) in [5.74, 6) is -15.1. The van der Waals surface area contributed by atoms with Crippen LogP contribution in [0.25, 0.3) is 11.2 Å². The number of anilines is 1. The van der Waals surface area contributed by atoms with Crippen LogP contribution in [0.5, 0.6) is 0 Å². The molecule has 0 spiro atoms. The first-order valence-electron chi connectivity index (χ1n) is 5.69. The van der Waals surface area contributed by atoms with Crippen LogP contribution in [0.1, 0.15) is 12.7 Å². The van der Waals surface area contributed by atoms with E-state index in [1.165, 1.54) is 0 Å². The number of rotatable bonds is 3. The first kappa shape index (κ1) is 16.9. The number of halogens is 7. The van der Waals surface area contributed by atoms with Gasteiger partial charge in [-0.25, -0.2) is 15.0 Å². The molecule has 0 saturated heterocycles. The number of amides is 1. The molecular weight excluding hydrogens is 339 g/mol. The van der Waals surface area contributed by atoms with E-state index in [2.05, 4.69) is 20.3 Å². The summed E-state index contributed by atoms with van der Waals surface area (Å²) in [5.41, 5.74) is -1.13. The summed E-state index contributed by atoms with van der Waals surface area (Å²) in [7, 11) is 0. The van der Waals surface area contributed by atoms with Crippen LogP contribution in [-0.4, -0.2) is 37.9 Å². The number of hydrogen-bond donors (Lipinski definition) is 2. The Labute approximate surface area is 122 Å². The maximum Gasteiger partial charge on any atom is 0.460 e. The molecule has 0 aliphatic rings. The molecule has 23 heavy (non-hydrogen) atoms. The van der Waals surface area contributed by atoms with Crippen molar-refractivity contribution < 1.29 is 35.5 Å². The zero-order valence-corrected chi connectivity index (χ0v) is 11.0. The second-order valence-corrected chi connectivity index (χ2v) is 4.33. The summed E-state index contributed by atoms with van der Waals surface area (Å²) in [5, 5.41) is 2.07. The number of alkyl halides is 7. The predicted octanol–water partition coefficient (Wildman–Crippen LogP) is 2.60. The van der Waals surface area contributed by atoms with Gasteiger partial charge < -0.3 is 10.3 Å². The Morgan fingerprint density at radius 2 is 1.74 bits per heavy atom. The number of imidazole rings is 1. The summed E-state index contributed by atoms with van der Waals surface area (Å²) in [6.45, 7) is 1.04. The van der Waals surface area contributed by atoms with E-state index in [9.17, 15) is 35.5 Å². The molecule has 13 heteroatoms. The Morgan fingerprint density at radius 1 is 1.13 bits per heavy atom. The summed E-state index contributed by atoms with van der Waals surface area (Å²) in [6, 6.07) is 0. The molecule has 2 aromatic rings. The standard InChI is InChI=1S/C10H6F7N5O/c1-3(23)20-5-4-6(19-2-18-5)22-7(21-4)8(11,12)9(13,14)10(15,16)17/h2H,1H3,(H2,18,19,20,21,22,23). The number of nitrogens with one attached hydrogen (secondary N) is 2. The van der Waals surface area contributed by atoms with Crippen molar-refractivity contribution in [3.8, 4) is 0 Å². The highest BCUT2D eigenvalue weighted by molar-refractivity contribution is 5.95. The van der Waals surface area contributed by atoms with Crippen LogP contribution in [-0.2, 0) is 10.7 Å². The van der Waals surface area contributed by atoms with Gasteiger partial charge >= 0.3 is 18.0 Å². The number of nitrogens with zero attached hydrogens (tertiary/aromatic N) is 3. The van der Waals surface area contributed by atoms with E-state index in [0.29, 0.717) is 0 Å². The average molecular weight is 345 g/mol. The first-order chi connectivity index (χ1) is 10.4. The summed E-state index contributed by atoms with van der Waals surface area (Å²) >= 11 is 0. The maximum absolute atomic E-state index is 13.6. The molecule has 126 valence electrons. The Balaban J connectivity index is 2.58. The molecule has 2 heterocycles. The van der Waals surface area contributed by atoms with Crippen LogP contribution in [0.2, 0.25) is 0 Å². The molecule has 6 nitrogen and oxygen atoms in total. The van der Waals surface area contributed by atoms with Crippen molar-refractivity contribution in [1.29, 1.82) is 0 Å². The van der Waals surface area contributed by atoms with Gasteiger partial charge in [-0.3, -0.25) is 4.79 Å². The lowest BCUT2D eigenvalue weighted by Crippen LogP contribution is -2.50. The third-order valence-electron chi connectivity index (χ3n) is 2.63. The van der Waals surface area contributed by atoms with Crippen LogP contribution in [0.4, 0.5) is 36.6 Å². The van der Waals surface area contributed by atoms with Crippen molar-refractivity contribution in [3.05, 3.63) is 12.2 Å². The zero-order chi connectivity index (χ0) is 17.6. The lowest BCUT2D eigenvalue weighted by Gasteiger charge is -2.26. The van der Waals surface area contributed by atoms with Crippen molar-refractivity contribution in [1.82, 2.24) is 19.9 Å². The van der Waals surface area contributed by atoms with E-state index >= 15 is 0 Å². The van der Waals surface area contributed by atoms with Gasteiger partial charge in [0.15, 0.2) is 17.3 Å². The van der Waals surface area contributed by atoms with Gasteiger partial charge in [0.05, 0.1) is 0 Å². The molecule has 2 N–H and O–H groups in total. The second-order valence-electron chi connectivity index (χ2n) is 4.33. The van der Waals surface area contributed by atoms with Crippen molar-refractivity contribution in [2.75, 3.05) is 5.32 Å². The van der Waals surface area contributed by atoms with Crippen LogP contribution < -0.4 is 5.32 Å². The smallest absolute Gasteiger partial charge is 0.332 e. The molecule has 1 amide bonds. The first-order valence-corrected chi connectivity index (χ1v) is 5.69. The third-order valence-corrected chi connectivity index (χ3v) is 2.63. The fourth-order valence-corrected chi connectivity index (χ4v) is 1.57. The Bertz CT molecular complexity index is 754. The maximum atomic E-state index is 13.6. The van der Waals surface area contributed by atoms with Crippen LogP contribution >= 0.6 is 0 Å². The summed E-state index contributed by atoms with van der Waals surface area (Å²) in [4.78, 5) is 22.3. The Kier molecular flexibility index (Phi) is 3.69. The van der Waals surface area contributed by atoms with Crippen LogP contribution in [0, 0.1) is 0 Å². The van der Waals surface area contributed by atoms with Gasteiger partial charge in [0, 0.05) is 6.92 Å². The topological polar surface area (TPSA) is 83.6 Å². The normalized spacial score (nSPS) is 13.4.